The minimum absolute atomic E-state index is 0.0997. The molecule has 8 heteroatoms. The standard InChI is InChI=1S/C13H19N5O2S/c1-3-18-9-15-17-13(18)8-16-21(19,20)12-6-11(7-14)5-4-10(12)2/h4-6,9,16H,3,7-8,14H2,1-2H3. The summed E-state index contributed by atoms with van der Waals surface area (Å²) < 4.78 is 29.1. The Morgan fingerprint density at radius 3 is 2.81 bits per heavy atom. The van der Waals surface area contributed by atoms with Crippen LogP contribution in [0.1, 0.15) is 23.9 Å². The number of aryl methyl sites for hydroxylation is 2. The van der Waals surface area contributed by atoms with Gasteiger partial charge in [0.15, 0.2) is 0 Å². The Hall–Kier alpha value is -1.77. The van der Waals surface area contributed by atoms with Gasteiger partial charge in [-0.05, 0) is 31.0 Å². The summed E-state index contributed by atoms with van der Waals surface area (Å²) >= 11 is 0. The third-order valence-corrected chi connectivity index (χ3v) is 4.78. The number of nitrogens with two attached hydrogens (primary N) is 1. The number of hydrogen-bond donors (Lipinski definition) is 2. The topological polar surface area (TPSA) is 103 Å². The first-order valence-corrected chi connectivity index (χ1v) is 8.12. The van der Waals surface area contributed by atoms with E-state index in [0.717, 1.165) is 5.56 Å². The lowest BCUT2D eigenvalue weighted by Gasteiger charge is -2.11. The van der Waals surface area contributed by atoms with Gasteiger partial charge in [-0.3, -0.25) is 0 Å². The van der Waals surface area contributed by atoms with E-state index >= 15 is 0 Å². The molecule has 0 radical (unpaired) electrons. The van der Waals surface area contributed by atoms with Crippen molar-refractivity contribution in [1.82, 2.24) is 19.5 Å². The fraction of sp³-hybridized carbons (Fsp3) is 0.385. The Bertz CT molecular complexity index is 724. The Morgan fingerprint density at radius 1 is 1.38 bits per heavy atom. The molecule has 114 valence electrons. The minimum Gasteiger partial charge on any atom is -0.326 e. The number of aromatic nitrogens is 3. The van der Waals surface area contributed by atoms with Crippen molar-refractivity contribution in [2.24, 2.45) is 5.73 Å². The molecule has 0 atom stereocenters. The zero-order chi connectivity index (χ0) is 15.5. The number of hydrogen-bond acceptors (Lipinski definition) is 5. The molecule has 2 aromatic rings. The second-order valence-electron chi connectivity index (χ2n) is 4.66. The van der Waals surface area contributed by atoms with Crippen molar-refractivity contribution in [2.75, 3.05) is 0 Å². The zero-order valence-corrected chi connectivity index (χ0v) is 12.9. The lowest BCUT2D eigenvalue weighted by atomic mass is 10.1. The summed E-state index contributed by atoms with van der Waals surface area (Å²) in [7, 11) is -3.61. The third kappa shape index (κ3) is 3.46. The van der Waals surface area contributed by atoms with Crippen LogP contribution in [0.4, 0.5) is 0 Å². The number of rotatable bonds is 6. The lowest BCUT2D eigenvalue weighted by molar-refractivity contribution is 0.574. The molecule has 0 bridgehead atoms. The molecule has 1 aromatic carbocycles. The van der Waals surface area contributed by atoms with Gasteiger partial charge in [0.1, 0.15) is 12.2 Å². The fourth-order valence-corrected chi connectivity index (χ4v) is 3.25. The van der Waals surface area contributed by atoms with Crippen molar-refractivity contribution in [3.05, 3.63) is 41.5 Å². The Balaban J connectivity index is 2.23. The minimum atomic E-state index is -3.61. The van der Waals surface area contributed by atoms with Gasteiger partial charge in [0.2, 0.25) is 10.0 Å². The first-order valence-electron chi connectivity index (χ1n) is 6.64. The molecular formula is C13H19N5O2S. The van der Waals surface area contributed by atoms with Gasteiger partial charge in [-0.1, -0.05) is 12.1 Å². The van der Waals surface area contributed by atoms with Crippen LogP contribution in [0.25, 0.3) is 0 Å². The highest BCUT2D eigenvalue weighted by Crippen LogP contribution is 2.17. The molecule has 1 heterocycles. The second kappa shape index (κ2) is 6.33. The third-order valence-electron chi connectivity index (χ3n) is 3.23. The predicted octanol–water partition coefficient (Wildman–Crippen LogP) is 0.544. The van der Waals surface area contributed by atoms with E-state index in [1.54, 1.807) is 30.0 Å². The van der Waals surface area contributed by atoms with Crippen LogP contribution in [0.3, 0.4) is 0 Å². The second-order valence-corrected chi connectivity index (χ2v) is 6.40. The van der Waals surface area contributed by atoms with E-state index in [2.05, 4.69) is 14.9 Å². The molecule has 7 nitrogen and oxygen atoms in total. The summed E-state index contributed by atoms with van der Waals surface area (Å²) in [5, 5.41) is 7.68. The van der Waals surface area contributed by atoms with Gasteiger partial charge in [0, 0.05) is 13.1 Å². The summed E-state index contributed by atoms with van der Waals surface area (Å²) in [6, 6.07) is 5.18. The molecule has 0 spiro atoms. The molecule has 1 aromatic heterocycles. The van der Waals surface area contributed by atoms with E-state index < -0.39 is 10.0 Å². The molecule has 0 aliphatic carbocycles. The van der Waals surface area contributed by atoms with Gasteiger partial charge in [-0.2, -0.15) is 0 Å². The van der Waals surface area contributed by atoms with Crippen LogP contribution in [-0.2, 0) is 29.7 Å². The fourth-order valence-electron chi connectivity index (χ4n) is 1.98. The largest absolute Gasteiger partial charge is 0.326 e. The molecule has 0 unspecified atom stereocenters. The summed E-state index contributed by atoms with van der Waals surface area (Å²) in [5.74, 6) is 0.578. The van der Waals surface area contributed by atoms with Crippen molar-refractivity contribution in [1.29, 1.82) is 0 Å². The Morgan fingerprint density at radius 2 is 2.14 bits per heavy atom. The Kier molecular flexibility index (Phi) is 4.71. The smallest absolute Gasteiger partial charge is 0.241 e. The molecule has 0 saturated heterocycles. The molecule has 2 rings (SSSR count). The van der Waals surface area contributed by atoms with Gasteiger partial charge in [-0.25, -0.2) is 13.1 Å². The van der Waals surface area contributed by atoms with Crippen LogP contribution in [0.2, 0.25) is 0 Å². The quantitative estimate of drug-likeness (QED) is 0.811. The highest BCUT2D eigenvalue weighted by molar-refractivity contribution is 7.89. The molecule has 21 heavy (non-hydrogen) atoms. The van der Waals surface area contributed by atoms with E-state index in [9.17, 15) is 8.42 Å². The maximum absolute atomic E-state index is 12.4. The summed E-state index contributed by atoms with van der Waals surface area (Å²) in [6.45, 7) is 4.78. The summed E-state index contributed by atoms with van der Waals surface area (Å²) in [4.78, 5) is 0.244. The van der Waals surface area contributed by atoms with Crippen LogP contribution in [0.5, 0.6) is 0 Å². The van der Waals surface area contributed by atoms with Crippen LogP contribution in [0, 0.1) is 6.92 Å². The molecule has 3 N–H and O–H groups in total. The number of benzene rings is 1. The van der Waals surface area contributed by atoms with Crippen LogP contribution >= 0.6 is 0 Å². The number of nitrogens with zero attached hydrogens (tertiary/aromatic N) is 3. The van der Waals surface area contributed by atoms with Crippen LogP contribution < -0.4 is 10.5 Å². The van der Waals surface area contributed by atoms with Crippen LogP contribution in [0.15, 0.2) is 29.4 Å². The first kappa shape index (κ1) is 15.6. The Labute approximate surface area is 124 Å². The predicted molar refractivity (Wildman–Crippen MR) is 78.8 cm³/mol. The van der Waals surface area contributed by atoms with E-state index in [-0.39, 0.29) is 11.4 Å². The summed E-state index contributed by atoms with van der Waals surface area (Å²) in [6.07, 6.45) is 1.57. The van der Waals surface area contributed by atoms with E-state index in [0.29, 0.717) is 24.5 Å². The molecular weight excluding hydrogens is 290 g/mol. The summed E-state index contributed by atoms with van der Waals surface area (Å²) in [5.41, 5.74) is 7.02. The molecule has 0 saturated carbocycles. The zero-order valence-electron chi connectivity index (χ0n) is 12.1. The van der Waals surface area contributed by atoms with Crippen molar-refractivity contribution < 1.29 is 8.42 Å². The number of nitrogens with one attached hydrogen (secondary N) is 1. The average molecular weight is 309 g/mol. The lowest BCUT2D eigenvalue weighted by Crippen LogP contribution is -2.26. The van der Waals surface area contributed by atoms with Crippen molar-refractivity contribution in [3.63, 3.8) is 0 Å². The molecule has 0 aliphatic rings. The van der Waals surface area contributed by atoms with E-state index in [4.69, 9.17) is 5.73 Å². The van der Waals surface area contributed by atoms with Crippen molar-refractivity contribution >= 4 is 10.0 Å². The maximum atomic E-state index is 12.4. The molecule has 0 amide bonds. The van der Waals surface area contributed by atoms with Gasteiger partial charge < -0.3 is 10.3 Å². The molecule has 0 fully saturated rings. The van der Waals surface area contributed by atoms with Crippen molar-refractivity contribution in [2.45, 2.75) is 38.4 Å². The van der Waals surface area contributed by atoms with Gasteiger partial charge >= 0.3 is 0 Å². The van der Waals surface area contributed by atoms with Gasteiger partial charge in [-0.15, -0.1) is 10.2 Å². The SMILES string of the molecule is CCn1cnnc1CNS(=O)(=O)c1cc(CN)ccc1C. The monoisotopic (exact) mass is 309 g/mol. The first-order chi connectivity index (χ1) is 9.97. The van der Waals surface area contributed by atoms with Gasteiger partial charge in [0.05, 0.1) is 11.4 Å². The van der Waals surface area contributed by atoms with Gasteiger partial charge in [0.25, 0.3) is 0 Å². The highest BCUT2D eigenvalue weighted by Gasteiger charge is 2.18. The number of sulfonamides is 1. The van der Waals surface area contributed by atoms with Crippen molar-refractivity contribution in [3.8, 4) is 0 Å². The normalized spacial score (nSPS) is 11.8. The van der Waals surface area contributed by atoms with E-state index in [1.807, 2.05) is 13.0 Å². The van der Waals surface area contributed by atoms with Crippen LogP contribution in [-0.4, -0.2) is 23.2 Å². The highest BCUT2D eigenvalue weighted by atomic mass is 32.2. The average Bonchev–Trinajstić information content (AvgIpc) is 2.93. The van der Waals surface area contributed by atoms with E-state index in [1.165, 1.54) is 0 Å². The molecule has 0 aliphatic heterocycles. The maximum Gasteiger partial charge on any atom is 0.241 e.